The highest BCUT2D eigenvalue weighted by molar-refractivity contribution is 5.83. The first-order chi connectivity index (χ1) is 10.2. The fraction of sp³-hybridized carbons (Fsp3) is 0.833. The van der Waals surface area contributed by atoms with Crippen LogP contribution in [0.3, 0.4) is 0 Å². The van der Waals surface area contributed by atoms with Crippen LogP contribution in [-0.2, 0) is 9.53 Å². The van der Waals surface area contributed by atoms with Crippen LogP contribution in [0.5, 0.6) is 0 Å². The van der Waals surface area contributed by atoms with Crippen LogP contribution in [0.25, 0.3) is 0 Å². The number of fused-ring (bicyclic) bond motifs is 2. The second-order valence-electron chi connectivity index (χ2n) is 7.88. The van der Waals surface area contributed by atoms with Gasteiger partial charge in [-0.25, -0.2) is 0 Å². The number of likely N-dealkylation sites (tertiary alicyclic amines) is 1. The van der Waals surface area contributed by atoms with Crippen LogP contribution in [0.15, 0.2) is 12.2 Å². The molecule has 0 N–H and O–H groups in total. The van der Waals surface area contributed by atoms with Crippen LogP contribution in [-0.4, -0.2) is 36.1 Å². The zero-order valence-corrected chi connectivity index (χ0v) is 13.1. The van der Waals surface area contributed by atoms with Crippen LogP contribution in [0.2, 0.25) is 0 Å². The van der Waals surface area contributed by atoms with E-state index in [2.05, 4.69) is 24.0 Å². The Morgan fingerprint density at radius 1 is 1.29 bits per heavy atom. The SMILES string of the molecule is CC1(C(=O)N2CC3CCC2C3OCC2CC2)CC=CCC1. The maximum absolute atomic E-state index is 13.0. The average Bonchev–Trinajstić information content (AvgIpc) is 3.18. The molecule has 4 rings (SSSR count). The topological polar surface area (TPSA) is 29.5 Å². The number of allylic oxidation sites excluding steroid dienone is 2. The summed E-state index contributed by atoms with van der Waals surface area (Å²) in [7, 11) is 0. The predicted molar refractivity (Wildman–Crippen MR) is 81.8 cm³/mol. The van der Waals surface area contributed by atoms with E-state index in [-0.39, 0.29) is 5.41 Å². The van der Waals surface area contributed by atoms with Gasteiger partial charge in [-0.05, 0) is 50.9 Å². The van der Waals surface area contributed by atoms with Gasteiger partial charge in [-0.15, -0.1) is 0 Å². The summed E-state index contributed by atoms with van der Waals surface area (Å²) >= 11 is 0. The van der Waals surface area contributed by atoms with Crippen LogP contribution >= 0.6 is 0 Å². The number of carbonyl (C=O) groups is 1. The van der Waals surface area contributed by atoms with Gasteiger partial charge in [-0.1, -0.05) is 19.1 Å². The second kappa shape index (κ2) is 5.12. The summed E-state index contributed by atoms with van der Waals surface area (Å²) in [6, 6.07) is 0.365. The van der Waals surface area contributed by atoms with E-state index in [1.807, 2.05) is 0 Å². The normalized spacial score (nSPS) is 41.8. The highest BCUT2D eigenvalue weighted by atomic mass is 16.5. The number of amides is 1. The predicted octanol–water partition coefficient (Wildman–Crippen LogP) is 3.15. The van der Waals surface area contributed by atoms with Crippen LogP contribution in [0, 0.1) is 17.3 Å². The minimum Gasteiger partial charge on any atom is -0.375 e. The molecule has 0 radical (unpaired) electrons. The number of rotatable bonds is 4. The highest BCUT2D eigenvalue weighted by Gasteiger charge is 2.52. The first-order valence-electron chi connectivity index (χ1n) is 8.75. The van der Waals surface area contributed by atoms with Gasteiger partial charge < -0.3 is 9.64 Å². The molecule has 116 valence electrons. The number of nitrogens with zero attached hydrogens (tertiary/aromatic N) is 1. The van der Waals surface area contributed by atoms with Crippen molar-refractivity contribution in [3.63, 3.8) is 0 Å². The summed E-state index contributed by atoms with van der Waals surface area (Å²) in [5.41, 5.74) is -0.166. The lowest BCUT2D eigenvalue weighted by Gasteiger charge is -2.37. The summed E-state index contributed by atoms with van der Waals surface area (Å²) in [5.74, 6) is 1.80. The Hall–Kier alpha value is -0.830. The molecule has 1 saturated heterocycles. The summed E-state index contributed by atoms with van der Waals surface area (Å²) in [6.45, 7) is 4.03. The Morgan fingerprint density at radius 3 is 2.86 bits per heavy atom. The largest absolute Gasteiger partial charge is 0.375 e. The Bertz CT molecular complexity index is 456. The van der Waals surface area contributed by atoms with Gasteiger partial charge in [-0.3, -0.25) is 4.79 Å². The van der Waals surface area contributed by atoms with Crippen LogP contribution in [0.1, 0.15) is 51.9 Å². The van der Waals surface area contributed by atoms with Crippen LogP contribution < -0.4 is 0 Å². The Balaban J connectivity index is 1.44. The lowest BCUT2D eigenvalue weighted by Crippen LogP contribution is -2.47. The van der Waals surface area contributed by atoms with Crippen molar-refractivity contribution in [2.24, 2.45) is 17.3 Å². The van der Waals surface area contributed by atoms with Crippen LogP contribution in [0.4, 0.5) is 0 Å². The third-order valence-corrected chi connectivity index (χ3v) is 6.10. The molecular formula is C18H27NO2. The molecular weight excluding hydrogens is 262 g/mol. The molecule has 4 unspecified atom stereocenters. The van der Waals surface area contributed by atoms with E-state index >= 15 is 0 Å². The standard InChI is InChI=1S/C18H27NO2/c1-18(9-3-2-4-10-18)17(20)19-11-14-7-8-15(19)16(14)21-12-13-5-6-13/h2-3,13-16H,4-12H2,1H3. The maximum Gasteiger partial charge on any atom is 0.229 e. The molecule has 2 bridgehead atoms. The summed E-state index contributed by atoms with van der Waals surface area (Å²) < 4.78 is 6.21. The van der Waals surface area contributed by atoms with Crippen molar-refractivity contribution in [3.05, 3.63) is 12.2 Å². The minimum atomic E-state index is -0.166. The molecule has 3 fully saturated rings. The quantitative estimate of drug-likeness (QED) is 0.744. The van der Waals surface area contributed by atoms with E-state index in [1.54, 1.807) is 0 Å². The molecule has 4 atom stereocenters. The fourth-order valence-electron chi connectivity index (χ4n) is 4.46. The van der Waals surface area contributed by atoms with Gasteiger partial charge >= 0.3 is 0 Å². The van der Waals surface area contributed by atoms with Gasteiger partial charge in [-0.2, -0.15) is 0 Å². The minimum absolute atomic E-state index is 0.166. The number of hydrogen-bond donors (Lipinski definition) is 0. The first kappa shape index (κ1) is 13.8. The molecule has 2 saturated carbocycles. The van der Waals surface area contributed by atoms with E-state index in [9.17, 15) is 4.79 Å². The molecule has 1 amide bonds. The molecule has 3 aliphatic carbocycles. The van der Waals surface area contributed by atoms with E-state index in [0.717, 1.165) is 44.8 Å². The molecule has 0 aromatic heterocycles. The third kappa shape index (κ3) is 2.44. The average molecular weight is 289 g/mol. The smallest absolute Gasteiger partial charge is 0.229 e. The number of ether oxygens (including phenoxy) is 1. The number of hydrogen-bond acceptors (Lipinski definition) is 2. The molecule has 1 heterocycles. The Labute approximate surface area is 127 Å². The van der Waals surface area contributed by atoms with Gasteiger partial charge in [0.1, 0.15) is 0 Å². The van der Waals surface area contributed by atoms with Gasteiger partial charge in [0.15, 0.2) is 0 Å². The Kier molecular flexibility index (Phi) is 3.36. The first-order valence-corrected chi connectivity index (χ1v) is 8.75. The van der Waals surface area contributed by atoms with Crippen molar-refractivity contribution in [3.8, 4) is 0 Å². The van der Waals surface area contributed by atoms with Gasteiger partial charge in [0.05, 0.1) is 17.6 Å². The van der Waals surface area contributed by atoms with Gasteiger partial charge in [0.2, 0.25) is 5.91 Å². The summed E-state index contributed by atoms with van der Waals surface area (Å²) in [5, 5.41) is 0. The van der Waals surface area contributed by atoms with Crippen molar-refractivity contribution in [2.45, 2.75) is 64.0 Å². The number of piperidine rings is 1. The second-order valence-corrected chi connectivity index (χ2v) is 7.88. The summed E-state index contributed by atoms with van der Waals surface area (Å²) in [6.07, 6.45) is 12.8. The van der Waals surface area contributed by atoms with Crippen molar-refractivity contribution in [1.82, 2.24) is 4.90 Å². The van der Waals surface area contributed by atoms with E-state index in [1.165, 1.54) is 19.3 Å². The van der Waals surface area contributed by atoms with Crippen molar-refractivity contribution in [2.75, 3.05) is 13.2 Å². The van der Waals surface area contributed by atoms with Crippen molar-refractivity contribution >= 4 is 5.91 Å². The zero-order valence-electron chi connectivity index (χ0n) is 13.1. The third-order valence-electron chi connectivity index (χ3n) is 6.10. The van der Waals surface area contributed by atoms with E-state index in [4.69, 9.17) is 4.74 Å². The highest BCUT2D eigenvalue weighted by Crippen LogP contribution is 2.44. The lowest BCUT2D eigenvalue weighted by atomic mass is 9.77. The van der Waals surface area contributed by atoms with Gasteiger partial charge in [0, 0.05) is 19.1 Å². The Morgan fingerprint density at radius 2 is 2.14 bits per heavy atom. The maximum atomic E-state index is 13.0. The van der Waals surface area contributed by atoms with Crippen molar-refractivity contribution < 1.29 is 9.53 Å². The number of carbonyl (C=O) groups excluding carboxylic acids is 1. The van der Waals surface area contributed by atoms with Gasteiger partial charge in [0.25, 0.3) is 0 Å². The summed E-state index contributed by atoms with van der Waals surface area (Å²) in [4.78, 5) is 15.2. The van der Waals surface area contributed by atoms with E-state index in [0.29, 0.717) is 24.0 Å². The molecule has 3 heteroatoms. The molecule has 21 heavy (non-hydrogen) atoms. The molecule has 1 aliphatic heterocycles. The molecule has 0 aromatic carbocycles. The van der Waals surface area contributed by atoms with E-state index < -0.39 is 0 Å². The molecule has 3 nitrogen and oxygen atoms in total. The lowest BCUT2D eigenvalue weighted by molar-refractivity contribution is -0.144. The zero-order chi connectivity index (χ0) is 14.4. The van der Waals surface area contributed by atoms with Crippen molar-refractivity contribution in [1.29, 1.82) is 0 Å². The monoisotopic (exact) mass is 289 g/mol. The fourth-order valence-corrected chi connectivity index (χ4v) is 4.46. The molecule has 4 aliphatic rings. The molecule has 0 spiro atoms. The molecule has 0 aromatic rings.